The summed E-state index contributed by atoms with van der Waals surface area (Å²) >= 11 is 6.41. The predicted octanol–water partition coefficient (Wildman–Crippen LogP) is 4.30. The molecule has 0 radical (unpaired) electrons. The summed E-state index contributed by atoms with van der Waals surface area (Å²) in [7, 11) is -0.867. The van der Waals surface area contributed by atoms with E-state index in [-0.39, 0.29) is 5.82 Å². The Balaban J connectivity index is 2.19. The lowest BCUT2D eigenvalue weighted by atomic mass is 9.98. The van der Waals surface area contributed by atoms with Gasteiger partial charge in [-0.05, 0) is 44.2 Å². The lowest BCUT2D eigenvalue weighted by Crippen LogP contribution is -2.32. The van der Waals surface area contributed by atoms with Crippen LogP contribution < -0.4 is 4.74 Å². The molecule has 25 heavy (non-hydrogen) atoms. The summed E-state index contributed by atoms with van der Waals surface area (Å²) in [6, 6.07) is 9.19. The zero-order chi connectivity index (χ0) is 18.2. The fraction of sp³-hybridized carbons (Fsp3) is 0.235. The molecule has 1 atom stereocenters. The largest absolute Gasteiger partial charge is 0.466 e. The molecule has 2 aromatic rings. The molecule has 0 amide bonds. The van der Waals surface area contributed by atoms with Crippen LogP contribution in [0.4, 0.5) is 10.1 Å². The molecule has 8 heteroatoms. The first kappa shape index (κ1) is 17.8. The highest BCUT2D eigenvalue weighted by Crippen LogP contribution is 2.40. The van der Waals surface area contributed by atoms with Gasteiger partial charge in [0.1, 0.15) is 11.6 Å². The van der Waals surface area contributed by atoms with Crippen LogP contribution in [0.15, 0.2) is 45.8 Å². The quantitative estimate of drug-likeness (QED) is 0.805. The number of thiol groups is 1. The van der Waals surface area contributed by atoms with Crippen molar-refractivity contribution in [1.29, 1.82) is 0 Å². The van der Waals surface area contributed by atoms with Crippen molar-refractivity contribution in [1.82, 2.24) is 0 Å². The number of aliphatic imine (C=N–C) groups is 1. The number of halogens is 2. The first-order chi connectivity index (χ1) is 11.8. The van der Waals surface area contributed by atoms with E-state index in [1.165, 1.54) is 19.2 Å². The molecule has 0 spiro atoms. The van der Waals surface area contributed by atoms with Gasteiger partial charge in [0.25, 0.3) is 0 Å². The third-order valence-electron chi connectivity index (χ3n) is 3.49. The van der Waals surface area contributed by atoms with Crippen LogP contribution in [0.1, 0.15) is 25.0 Å². The van der Waals surface area contributed by atoms with Gasteiger partial charge in [-0.3, -0.25) is 4.18 Å². The van der Waals surface area contributed by atoms with Crippen LogP contribution in [0, 0.1) is 5.82 Å². The fourth-order valence-electron chi connectivity index (χ4n) is 2.50. The number of benzene rings is 2. The average molecular weight is 383 g/mol. The number of nitrogens with zero attached hydrogens (tertiary/aromatic N) is 2. The van der Waals surface area contributed by atoms with E-state index < -0.39 is 16.6 Å². The van der Waals surface area contributed by atoms with Gasteiger partial charge in [-0.1, -0.05) is 11.6 Å². The van der Waals surface area contributed by atoms with Gasteiger partial charge in [0.05, 0.1) is 29.1 Å². The van der Waals surface area contributed by atoms with Gasteiger partial charge < -0.3 is 4.74 Å². The fourth-order valence-corrected chi connectivity index (χ4v) is 3.18. The molecule has 0 aromatic heterocycles. The van der Waals surface area contributed by atoms with Crippen molar-refractivity contribution < 1.29 is 17.5 Å². The van der Waals surface area contributed by atoms with Crippen molar-refractivity contribution in [3.63, 3.8) is 0 Å². The van der Waals surface area contributed by atoms with Gasteiger partial charge in [0.2, 0.25) is 0 Å². The van der Waals surface area contributed by atoms with Crippen LogP contribution in [-0.4, -0.2) is 22.8 Å². The lowest BCUT2D eigenvalue weighted by Gasteiger charge is -2.31. The van der Waals surface area contributed by atoms with E-state index in [0.29, 0.717) is 33.3 Å². The zero-order valence-electron chi connectivity index (χ0n) is 13.8. The highest BCUT2D eigenvalue weighted by molar-refractivity contribution is 7.69. The zero-order valence-corrected chi connectivity index (χ0v) is 15.4. The van der Waals surface area contributed by atoms with Gasteiger partial charge in [0.15, 0.2) is 16.6 Å². The van der Waals surface area contributed by atoms with Gasteiger partial charge in [0, 0.05) is 11.6 Å². The summed E-state index contributed by atoms with van der Waals surface area (Å²) in [5.41, 5.74) is 1.43. The molecular weight excluding hydrogens is 367 g/mol. The van der Waals surface area contributed by atoms with Gasteiger partial charge in [-0.2, -0.15) is 4.36 Å². The van der Waals surface area contributed by atoms with E-state index in [2.05, 4.69) is 13.5 Å². The maximum atomic E-state index is 13.2. The second-order valence-electron chi connectivity index (χ2n) is 5.84. The molecule has 0 saturated carbocycles. The van der Waals surface area contributed by atoms with Crippen LogP contribution in [0.25, 0.3) is 0 Å². The van der Waals surface area contributed by atoms with E-state index in [1.54, 1.807) is 38.1 Å². The summed E-state index contributed by atoms with van der Waals surface area (Å²) in [4.78, 5) is 4.60. The van der Waals surface area contributed by atoms with E-state index in [1.807, 2.05) is 0 Å². The second-order valence-corrected chi connectivity index (χ2v) is 7.29. The minimum absolute atomic E-state index is 0.334. The molecule has 3 rings (SSSR count). The van der Waals surface area contributed by atoms with Gasteiger partial charge >= 0.3 is 0 Å². The van der Waals surface area contributed by atoms with Crippen molar-refractivity contribution in [3.8, 4) is 5.75 Å². The molecule has 0 N–H and O–H groups in total. The molecule has 0 bridgehead atoms. The molecule has 2 aromatic carbocycles. The summed E-state index contributed by atoms with van der Waals surface area (Å²) < 4.78 is 39.3. The summed E-state index contributed by atoms with van der Waals surface area (Å²) in [6.45, 7) is 3.60. The Bertz CT molecular complexity index is 936. The maximum absolute atomic E-state index is 13.2. The van der Waals surface area contributed by atoms with Crippen molar-refractivity contribution in [2.75, 3.05) is 7.11 Å². The highest BCUT2D eigenvalue weighted by atomic mass is 35.5. The van der Waals surface area contributed by atoms with E-state index in [9.17, 15) is 8.60 Å². The topological polar surface area (TPSA) is 60.2 Å². The molecule has 0 saturated heterocycles. The summed E-state index contributed by atoms with van der Waals surface area (Å²) in [5.74, 6) is 0.129. The highest BCUT2D eigenvalue weighted by Gasteiger charge is 2.31. The van der Waals surface area contributed by atoms with Crippen LogP contribution in [0.2, 0.25) is 5.02 Å². The molecule has 1 aliphatic rings. The Morgan fingerprint density at radius 3 is 2.60 bits per heavy atom. The summed E-state index contributed by atoms with van der Waals surface area (Å²) in [5, 5.41) is 0.342. The summed E-state index contributed by atoms with van der Waals surface area (Å²) in [6.07, 6.45) is 0. The molecule has 5 nitrogen and oxygen atoms in total. The number of ether oxygens (including phenoxy) is 1. The van der Waals surface area contributed by atoms with Crippen LogP contribution in [0.5, 0.6) is 5.75 Å². The lowest BCUT2D eigenvalue weighted by molar-refractivity contribution is 0.115. The second kappa shape index (κ2) is 6.74. The minimum Gasteiger partial charge on any atom is -0.466 e. The number of rotatable bonds is 3. The first-order valence-corrected chi connectivity index (χ1v) is 8.91. The maximum Gasteiger partial charge on any atom is 0.195 e. The Morgan fingerprint density at radius 2 is 1.96 bits per heavy atom. The van der Waals surface area contributed by atoms with Gasteiger partial charge in [-0.25, -0.2) is 13.6 Å². The van der Waals surface area contributed by atoms with Crippen molar-refractivity contribution in [2.45, 2.75) is 19.6 Å². The normalized spacial score (nSPS) is 16.8. The van der Waals surface area contributed by atoms with Crippen molar-refractivity contribution in [3.05, 3.63) is 58.4 Å². The predicted molar refractivity (Wildman–Crippen MR) is 96.8 cm³/mol. The Labute approximate surface area is 151 Å². The molecule has 132 valence electrons. The monoisotopic (exact) mass is 382 g/mol. The number of hydrogen-bond acceptors (Lipinski definition) is 5. The van der Waals surface area contributed by atoms with Crippen LogP contribution >= 0.6 is 11.6 Å². The third kappa shape index (κ3) is 3.84. The molecule has 0 aliphatic carbocycles. The van der Waals surface area contributed by atoms with Crippen LogP contribution in [-0.2, 0) is 15.1 Å². The van der Waals surface area contributed by atoms with Crippen LogP contribution in [0.3, 0.4) is 0 Å². The smallest absolute Gasteiger partial charge is 0.195 e. The number of fused-ring (bicyclic) bond motifs is 1. The van der Waals surface area contributed by atoms with E-state index in [0.717, 1.165) is 0 Å². The van der Waals surface area contributed by atoms with Gasteiger partial charge in [-0.15, -0.1) is 0 Å². The van der Waals surface area contributed by atoms with Crippen molar-refractivity contribution in [2.24, 2.45) is 9.36 Å². The Morgan fingerprint density at radius 1 is 1.28 bits per heavy atom. The Hall–Kier alpha value is -1.96. The SMILES string of the molecule is CO[SH](=O)=Nc1cc(Cl)c2c(c1)OC(C)(C)N=C2c1ccc(F)cc1. The molecular formula is C17H16ClFN2O3S. The molecule has 1 unspecified atom stereocenters. The van der Waals surface area contributed by atoms with Crippen molar-refractivity contribution >= 4 is 33.9 Å². The number of hydrogen-bond donors (Lipinski definition) is 1. The third-order valence-corrected chi connectivity index (χ3v) is 4.49. The Kier molecular flexibility index (Phi) is 4.81. The van der Waals surface area contributed by atoms with E-state index in [4.69, 9.17) is 16.3 Å². The average Bonchev–Trinajstić information content (AvgIpc) is 2.53. The molecule has 1 aliphatic heterocycles. The molecule has 1 heterocycles. The van der Waals surface area contributed by atoms with E-state index >= 15 is 0 Å². The first-order valence-electron chi connectivity index (χ1n) is 7.41. The minimum atomic E-state index is -2.17. The standard InChI is InChI=1S/C17H16ClFN2O3S/c1-17(2)20-16(10-4-6-11(19)7-5-10)15-13(18)8-12(9-14(15)24-17)21-25(22)23-3/h4-9,25H,1-3H3. The molecule has 0 fully saturated rings.